The number of benzene rings is 2. The third-order valence-corrected chi connectivity index (χ3v) is 4.50. The monoisotopic (exact) mass is 365 g/mol. The van der Waals surface area contributed by atoms with Crippen molar-refractivity contribution in [3.63, 3.8) is 0 Å². The van der Waals surface area contributed by atoms with Gasteiger partial charge >= 0.3 is 5.63 Å². The molecule has 0 aliphatic carbocycles. The summed E-state index contributed by atoms with van der Waals surface area (Å²) in [7, 11) is 0. The van der Waals surface area contributed by atoms with Gasteiger partial charge in [-0.25, -0.2) is 4.79 Å². The molecule has 1 heterocycles. The quantitative estimate of drug-likeness (QED) is 0.682. The number of fused-ring (bicyclic) bond motifs is 1. The normalized spacial score (nSPS) is 12.0. The van der Waals surface area contributed by atoms with Crippen LogP contribution in [0.4, 0.5) is 5.69 Å². The fraction of sp³-hybridized carbons (Fsp3) is 0.273. The number of carbonyl (C=O) groups is 1. The van der Waals surface area contributed by atoms with Gasteiger partial charge in [0.2, 0.25) is 0 Å². The molecule has 1 atom stereocenters. The van der Waals surface area contributed by atoms with Gasteiger partial charge in [-0.2, -0.15) is 0 Å². The van der Waals surface area contributed by atoms with E-state index in [-0.39, 0.29) is 5.91 Å². The Hall–Kier alpha value is -3.08. The lowest BCUT2D eigenvalue weighted by Crippen LogP contribution is -2.30. The smallest absolute Gasteiger partial charge is 0.336 e. The van der Waals surface area contributed by atoms with E-state index in [2.05, 4.69) is 5.32 Å². The van der Waals surface area contributed by atoms with E-state index in [4.69, 9.17) is 9.15 Å². The molecule has 3 aromatic rings. The minimum absolute atomic E-state index is 0.245. The topological polar surface area (TPSA) is 68.5 Å². The Labute approximate surface area is 158 Å². The second-order valence-corrected chi connectivity index (χ2v) is 6.67. The van der Waals surface area contributed by atoms with E-state index in [1.807, 2.05) is 45.0 Å². The Balaban J connectivity index is 1.77. The molecule has 5 nitrogen and oxygen atoms in total. The highest BCUT2D eigenvalue weighted by atomic mass is 16.5. The number of hydrogen-bond acceptors (Lipinski definition) is 4. The van der Waals surface area contributed by atoms with E-state index in [1.165, 1.54) is 6.07 Å². The van der Waals surface area contributed by atoms with Gasteiger partial charge < -0.3 is 14.5 Å². The van der Waals surface area contributed by atoms with Gasteiger partial charge in [-0.05, 0) is 56.5 Å². The molecule has 1 aromatic heterocycles. The van der Waals surface area contributed by atoms with E-state index in [9.17, 15) is 9.59 Å². The van der Waals surface area contributed by atoms with Crippen LogP contribution in [0.25, 0.3) is 11.0 Å². The van der Waals surface area contributed by atoms with Gasteiger partial charge in [0.25, 0.3) is 5.91 Å². The lowest BCUT2D eigenvalue weighted by molar-refractivity contribution is -0.122. The molecule has 140 valence electrons. The number of aryl methyl sites for hydroxylation is 3. The predicted molar refractivity (Wildman–Crippen MR) is 106 cm³/mol. The van der Waals surface area contributed by atoms with Crippen LogP contribution in [0.1, 0.15) is 30.5 Å². The Morgan fingerprint density at radius 2 is 1.93 bits per heavy atom. The lowest BCUT2D eigenvalue weighted by Gasteiger charge is -2.16. The van der Waals surface area contributed by atoms with Crippen LogP contribution < -0.4 is 15.7 Å². The first-order valence-electron chi connectivity index (χ1n) is 8.99. The summed E-state index contributed by atoms with van der Waals surface area (Å²) >= 11 is 0. The zero-order valence-electron chi connectivity index (χ0n) is 16.0. The van der Waals surface area contributed by atoms with Crippen LogP contribution in [0.3, 0.4) is 0 Å². The molecule has 0 radical (unpaired) electrons. The first-order chi connectivity index (χ1) is 12.9. The maximum absolute atomic E-state index is 12.5. The van der Waals surface area contributed by atoms with Crippen LogP contribution in [0.2, 0.25) is 0 Å². The molecule has 0 unspecified atom stereocenters. The van der Waals surface area contributed by atoms with Crippen molar-refractivity contribution in [3.05, 3.63) is 69.6 Å². The van der Waals surface area contributed by atoms with E-state index in [1.54, 1.807) is 19.1 Å². The first kappa shape index (κ1) is 18.7. The minimum atomic E-state index is -0.704. The number of carbonyl (C=O) groups excluding carboxylic acids is 1. The van der Waals surface area contributed by atoms with Crippen LogP contribution >= 0.6 is 0 Å². The van der Waals surface area contributed by atoms with Gasteiger partial charge in [-0.15, -0.1) is 0 Å². The van der Waals surface area contributed by atoms with Crippen LogP contribution in [-0.2, 0) is 11.2 Å². The standard InChI is InChI=1S/C22H23NO4/c1-5-16-11-21(24)27-20-12-17(7-8-18(16)20)26-15(4)22(25)23-19-9-6-13(2)10-14(19)3/h6-12,15H,5H2,1-4H3,(H,23,25)/t15-/m1/s1. The Morgan fingerprint density at radius 1 is 1.15 bits per heavy atom. The average Bonchev–Trinajstić information content (AvgIpc) is 2.62. The average molecular weight is 365 g/mol. The third-order valence-electron chi connectivity index (χ3n) is 4.50. The molecule has 0 spiro atoms. The molecule has 0 saturated heterocycles. The molecule has 0 bridgehead atoms. The summed E-state index contributed by atoms with van der Waals surface area (Å²) in [6, 6.07) is 12.6. The van der Waals surface area contributed by atoms with Crippen LogP contribution in [0.15, 0.2) is 51.7 Å². The van der Waals surface area contributed by atoms with Crippen LogP contribution in [0.5, 0.6) is 5.75 Å². The summed E-state index contributed by atoms with van der Waals surface area (Å²) in [5.41, 5.74) is 3.89. The molecule has 0 aliphatic rings. The van der Waals surface area contributed by atoms with Crippen molar-refractivity contribution >= 4 is 22.6 Å². The summed E-state index contributed by atoms with van der Waals surface area (Å²) < 4.78 is 11.0. The number of anilines is 1. The molecular weight excluding hydrogens is 342 g/mol. The van der Waals surface area contributed by atoms with E-state index in [0.717, 1.165) is 34.2 Å². The molecule has 0 aliphatic heterocycles. The maximum atomic E-state index is 12.5. The highest BCUT2D eigenvalue weighted by molar-refractivity contribution is 5.94. The molecule has 27 heavy (non-hydrogen) atoms. The third kappa shape index (κ3) is 4.19. The predicted octanol–water partition coefficient (Wildman–Crippen LogP) is 4.38. The number of hydrogen-bond donors (Lipinski definition) is 1. The second kappa shape index (κ2) is 7.66. The molecule has 3 rings (SSSR count). The van der Waals surface area contributed by atoms with E-state index < -0.39 is 11.7 Å². The van der Waals surface area contributed by atoms with Gasteiger partial charge in [-0.3, -0.25) is 4.79 Å². The molecule has 1 N–H and O–H groups in total. The maximum Gasteiger partial charge on any atom is 0.336 e. The summed E-state index contributed by atoms with van der Waals surface area (Å²) in [6.07, 6.45) is 0.0287. The molecule has 0 saturated carbocycles. The molecule has 2 aromatic carbocycles. The van der Waals surface area contributed by atoms with Crippen molar-refractivity contribution in [1.82, 2.24) is 0 Å². The molecule has 0 fully saturated rings. The number of nitrogens with one attached hydrogen (secondary N) is 1. The molecule has 5 heteroatoms. The van der Waals surface area contributed by atoms with Gasteiger partial charge in [0, 0.05) is 23.2 Å². The second-order valence-electron chi connectivity index (χ2n) is 6.67. The van der Waals surface area contributed by atoms with Crippen molar-refractivity contribution < 1.29 is 13.9 Å². The van der Waals surface area contributed by atoms with Gasteiger partial charge in [0.1, 0.15) is 11.3 Å². The summed E-state index contributed by atoms with van der Waals surface area (Å²) in [5, 5.41) is 3.76. The zero-order valence-corrected chi connectivity index (χ0v) is 16.0. The summed E-state index contributed by atoms with van der Waals surface area (Å²) in [4.78, 5) is 24.2. The summed E-state index contributed by atoms with van der Waals surface area (Å²) in [6.45, 7) is 7.62. The Kier molecular flexibility index (Phi) is 5.31. The van der Waals surface area contributed by atoms with Crippen molar-refractivity contribution in [3.8, 4) is 5.75 Å². The van der Waals surface area contributed by atoms with Crippen LogP contribution in [0, 0.1) is 13.8 Å². The Bertz CT molecular complexity index is 1050. The largest absolute Gasteiger partial charge is 0.481 e. The van der Waals surface area contributed by atoms with Crippen molar-refractivity contribution in [2.24, 2.45) is 0 Å². The number of ether oxygens (including phenoxy) is 1. The molecular formula is C22H23NO4. The highest BCUT2D eigenvalue weighted by Gasteiger charge is 2.16. The first-order valence-corrected chi connectivity index (χ1v) is 8.99. The van der Waals surface area contributed by atoms with Crippen molar-refractivity contribution in [2.75, 3.05) is 5.32 Å². The Morgan fingerprint density at radius 3 is 2.63 bits per heavy atom. The number of amides is 1. The van der Waals surface area contributed by atoms with Crippen molar-refractivity contribution in [2.45, 2.75) is 40.2 Å². The fourth-order valence-corrected chi connectivity index (χ4v) is 3.02. The highest BCUT2D eigenvalue weighted by Crippen LogP contribution is 2.24. The number of rotatable bonds is 5. The SMILES string of the molecule is CCc1cc(=O)oc2cc(O[C@H](C)C(=O)Nc3ccc(C)cc3C)ccc12. The van der Waals surface area contributed by atoms with Crippen molar-refractivity contribution in [1.29, 1.82) is 0 Å². The molecule has 1 amide bonds. The lowest BCUT2D eigenvalue weighted by atomic mass is 10.1. The van der Waals surface area contributed by atoms with E-state index >= 15 is 0 Å². The van der Waals surface area contributed by atoms with Crippen LogP contribution in [-0.4, -0.2) is 12.0 Å². The van der Waals surface area contributed by atoms with Gasteiger partial charge in [0.15, 0.2) is 6.10 Å². The zero-order chi connectivity index (χ0) is 19.6. The van der Waals surface area contributed by atoms with E-state index in [0.29, 0.717) is 11.3 Å². The summed E-state index contributed by atoms with van der Waals surface area (Å²) in [5.74, 6) is 0.230. The minimum Gasteiger partial charge on any atom is -0.481 e. The van der Waals surface area contributed by atoms with Gasteiger partial charge in [-0.1, -0.05) is 24.6 Å². The fourth-order valence-electron chi connectivity index (χ4n) is 3.02. The van der Waals surface area contributed by atoms with Gasteiger partial charge in [0.05, 0.1) is 0 Å².